The van der Waals surface area contributed by atoms with Gasteiger partial charge < -0.3 is 16.2 Å². The third-order valence-electron chi connectivity index (χ3n) is 2.16. The second-order valence-electron chi connectivity index (χ2n) is 3.33. The molecule has 1 aromatic carbocycles. The standard InChI is InChI=1S/C11H16N2O2/c1-2-8-3-5-9(6-4-8)13-11(15)10(12)7-14/h3-6,10,14H,2,7,12H2,1H3,(H,13,15). The van der Waals surface area contributed by atoms with Gasteiger partial charge in [0.1, 0.15) is 6.04 Å². The van der Waals surface area contributed by atoms with Crippen LogP contribution in [0.25, 0.3) is 0 Å². The highest BCUT2D eigenvalue weighted by atomic mass is 16.3. The first-order valence-electron chi connectivity index (χ1n) is 4.93. The van der Waals surface area contributed by atoms with Gasteiger partial charge in [0, 0.05) is 5.69 Å². The number of amides is 1. The molecule has 4 nitrogen and oxygen atoms in total. The van der Waals surface area contributed by atoms with Crippen molar-refractivity contribution < 1.29 is 9.90 Å². The van der Waals surface area contributed by atoms with E-state index in [0.717, 1.165) is 6.42 Å². The highest BCUT2D eigenvalue weighted by molar-refractivity contribution is 5.94. The number of nitrogens with one attached hydrogen (secondary N) is 1. The molecule has 0 fully saturated rings. The van der Waals surface area contributed by atoms with Gasteiger partial charge >= 0.3 is 0 Å². The Bertz CT molecular complexity index is 322. The molecule has 0 aliphatic carbocycles. The predicted octanol–water partition coefficient (Wildman–Crippen LogP) is 0.507. The number of carbonyl (C=O) groups is 1. The SMILES string of the molecule is CCc1ccc(NC(=O)C(N)CO)cc1. The van der Waals surface area contributed by atoms with Crippen molar-refractivity contribution >= 4 is 11.6 Å². The van der Waals surface area contributed by atoms with E-state index in [9.17, 15) is 4.79 Å². The van der Waals surface area contributed by atoms with Crippen LogP contribution < -0.4 is 11.1 Å². The van der Waals surface area contributed by atoms with Crippen LogP contribution in [0.5, 0.6) is 0 Å². The number of carbonyl (C=O) groups excluding carboxylic acids is 1. The maximum absolute atomic E-state index is 11.3. The van der Waals surface area contributed by atoms with Gasteiger partial charge in [0.05, 0.1) is 6.61 Å². The summed E-state index contributed by atoms with van der Waals surface area (Å²) in [6.07, 6.45) is 0.963. The van der Waals surface area contributed by atoms with Crippen molar-refractivity contribution in [1.29, 1.82) is 0 Å². The van der Waals surface area contributed by atoms with Crippen LogP contribution in [0.4, 0.5) is 5.69 Å². The molecule has 1 atom stereocenters. The number of aliphatic hydroxyl groups excluding tert-OH is 1. The molecule has 4 heteroatoms. The van der Waals surface area contributed by atoms with E-state index in [2.05, 4.69) is 12.2 Å². The summed E-state index contributed by atoms with van der Waals surface area (Å²) in [6, 6.07) is 6.66. The van der Waals surface area contributed by atoms with Crippen molar-refractivity contribution in [2.75, 3.05) is 11.9 Å². The first-order valence-corrected chi connectivity index (χ1v) is 4.93. The predicted molar refractivity (Wildman–Crippen MR) is 59.5 cm³/mol. The van der Waals surface area contributed by atoms with Crippen molar-refractivity contribution in [3.05, 3.63) is 29.8 Å². The minimum atomic E-state index is -0.865. The average Bonchev–Trinajstić information content (AvgIpc) is 2.29. The summed E-state index contributed by atoms with van der Waals surface area (Å²) in [4.78, 5) is 11.3. The van der Waals surface area contributed by atoms with Gasteiger partial charge in [-0.05, 0) is 24.1 Å². The summed E-state index contributed by atoms with van der Waals surface area (Å²) < 4.78 is 0. The molecule has 0 saturated carbocycles. The normalized spacial score (nSPS) is 12.2. The van der Waals surface area contributed by atoms with E-state index >= 15 is 0 Å². The summed E-state index contributed by atoms with van der Waals surface area (Å²) in [5.41, 5.74) is 7.26. The number of aryl methyl sites for hydroxylation is 1. The fourth-order valence-electron chi connectivity index (χ4n) is 1.14. The molecule has 0 radical (unpaired) electrons. The second kappa shape index (κ2) is 5.48. The zero-order valence-electron chi connectivity index (χ0n) is 8.73. The van der Waals surface area contributed by atoms with Crippen LogP contribution in [0.3, 0.4) is 0 Å². The number of anilines is 1. The fourth-order valence-corrected chi connectivity index (χ4v) is 1.14. The van der Waals surface area contributed by atoms with Gasteiger partial charge in [-0.2, -0.15) is 0 Å². The first-order chi connectivity index (χ1) is 7.17. The molecule has 0 aromatic heterocycles. The van der Waals surface area contributed by atoms with Gasteiger partial charge in [0.25, 0.3) is 0 Å². The minimum Gasteiger partial charge on any atom is -0.394 e. The van der Waals surface area contributed by atoms with Crippen molar-refractivity contribution in [2.45, 2.75) is 19.4 Å². The van der Waals surface area contributed by atoms with Crippen molar-refractivity contribution in [3.8, 4) is 0 Å². The molecule has 0 aliphatic rings. The number of rotatable bonds is 4. The molecule has 4 N–H and O–H groups in total. The summed E-state index contributed by atoms with van der Waals surface area (Å²) in [7, 11) is 0. The van der Waals surface area contributed by atoms with E-state index in [1.165, 1.54) is 5.56 Å². The molecule has 1 amide bonds. The second-order valence-corrected chi connectivity index (χ2v) is 3.33. The van der Waals surface area contributed by atoms with Gasteiger partial charge in [-0.3, -0.25) is 4.79 Å². The van der Waals surface area contributed by atoms with Crippen LogP contribution in [-0.4, -0.2) is 23.7 Å². The van der Waals surface area contributed by atoms with Gasteiger partial charge in [0.15, 0.2) is 0 Å². The highest BCUT2D eigenvalue weighted by Gasteiger charge is 2.11. The number of benzene rings is 1. The lowest BCUT2D eigenvalue weighted by atomic mass is 10.1. The van der Waals surface area contributed by atoms with E-state index in [1.807, 2.05) is 24.3 Å². The average molecular weight is 208 g/mol. The van der Waals surface area contributed by atoms with Crippen LogP contribution in [0, 0.1) is 0 Å². The molecule has 82 valence electrons. The van der Waals surface area contributed by atoms with Crippen molar-refractivity contribution in [1.82, 2.24) is 0 Å². The fraction of sp³-hybridized carbons (Fsp3) is 0.364. The molecule has 0 bridgehead atoms. The maximum atomic E-state index is 11.3. The topological polar surface area (TPSA) is 75.4 Å². The van der Waals surface area contributed by atoms with Gasteiger partial charge in [-0.15, -0.1) is 0 Å². The molecule has 1 rings (SSSR count). The molecule has 1 aromatic rings. The number of hydrogen-bond acceptors (Lipinski definition) is 3. The van der Waals surface area contributed by atoms with Crippen LogP contribution in [0.15, 0.2) is 24.3 Å². The molecule has 0 spiro atoms. The van der Waals surface area contributed by atoms with E-state index in [4.69, 9.17) is 10.8 Å². The Morgan fingerprint density at radius 1 is 1.47 bits per heavy atom. The van der Waals surface area contributed by atoms with Gasteiger partial charge in [-0.25, -0.2) is 0 Å². The Balaban J connectivity index is 2.61. The summed E-state index contributed by atoms with van der Waals surface area (Å²) in [5, 5.41) is 11.3. The summed E-state index contributed by atoms with van der Waals surface area (Å²) in [6.45, 7) is 1.72. The Kier molecular flexibility index (Phi) is 4.27. The molecule has 0 aliphatic heterocycles. The molecule has 0 saturated heterocycles. The quantitative estimate of drug-likeness (QED) is 0.674. The Hall–Kier alpha value is -1.39. The summed E-state index contributed by atoms with van der Waals surface area (Å²) in [5.74, 6) is -0.373. The van der Waals surface area contributed by atoms with Crippen LogP contribution in [0.2, 0.25) is 0 Å². The lowest BCUT2D eigenvalue weighted by Gasteiger charge is -2.09. The van der Waals surface area contributed by atoms with E-state index in [-0.39, 0.29) is 12.5 Å². The molecule has 1 unspecified atom stereocenters. The zero-order chi connectivity index (χ0) is 11.3. The van der Waals surface area contributed by atoms with Gasteiger partial charge in [-0.1, -0.05) is 19.1 Å². The Morgan fingerprint density at radius 3 is 2.53 bits per heavy atom. The number of nitrogens with two attached hydrogens (primary N) is 1. The number of aliphatic hydroxyl groups is 1. The van der Waals surface area contributed by atoms with Gasteiger partial charge in [0.2, 0.25) is 5.91 Å². The van der Waals surface area contributed by atoms with Crippen molar-refractivity contribution in [2.24, 2.45) is 5.73 Å². The first kappa shape index (κ1) is 11.7. The molecule has 15 heavy (non-hydrogen) atoms. The minimum absolute atomic E-state index is 0.348. The monoisotopic (exact) mass is 208 g/mol. The van der Waals surface area contributed by atoms with E-state index in [1.54, 1.807) is 0 Å². The molecular weight excluding hydrogens is 192 g/mol. The smallest absolute Gasteiger partial charge is 0.243 e. The van der Waals surface area contributed by atoms with Crippen LogP contribution in [0.1, 0.15) is 12.5 Å². The highest BCUT2D eigenvalue weighted by Crippen LogP contribution is 2.09. The van der Waals surface area contributed by atoms with E-state index in [0.29, 0.717) is 5.69 Å². The third-order valence-corrected chi connectivity index (χ3v) is 2.16. The maximum Gasteiger partial charge on any atom is 0.243 e. The van der Waals surface area contributed by atoms with Crippen LogP contribution >= 0.6 is 0 Å². The van der Waals surface area contributed by atoms with Crippen LogP contribution in [-0.2, 0) is 11.2 Å². The Morgan fingerprint density at radius 2 is 2.07 bits per heavy atom. The molecule has 0 heterocycles. The van der Waals surface area contributed by atoms with E-state index < -0.39 is 6.04 Å². The third kappa shape index (κ3) is 3.34. The lowest BCUT2D eigenvalue weighted by Crippen LogP contribution is -2.38. The largest absolute Gasteiger partial charge is 0.394 e. The number of hydrogen-bond donors (Lipinski definition) is 3. The zero-order valence-corrected chi connectivity index (χ0v) is 8.73. The summed E-state index contributed by atoms with van der Waals surface area (Å²) >= 11 is 0. The Labute approximate surface area is 89.1 Å². The molecular formula is C11H16N2O2. The van der Waals surface area contributed by atoms with Crippen molar-refractivity contribution in [3.63, 3.8) is 0 Å². The lowest BCUT2D eigenvalue weighted by molar-refractivity contribution is -0.118.